The molecule has 0 radical (unpaired) electrons. The molecule has 4 nitrogen and oxygen atoms in total. The second-order valence-electron chi connectivity index (χ2n) is 4.89. The van der Waals surface area contributed by atoms with E-state index in [-0.39, 0.29) is 5.88 Å². The molecule has 1 aromatic heterocycles. The average Bonchev–Trinajstić information content (AvgIpc) is 2.90. The molecule has 2 aromatic rings. The molecule has 0 fully saturated rings. The normalized spacial score (nSPS) is 13.4. The van der Waals surface area contributed by atoms with Gasteiger partial charge in [-0.25, -0.2) is 0 Å². The summed E-state index contributed by atoms with van der Waals surface area (Å²) in [5, 5.41) is 17.8. The SMILES string of the molecule is COc1cc(C)ccc1-c1nnc(O)c2c1CCC2. The van der Waals surface area contributed by atoms with Crippen molar-refractivity contribution < 1.29 is 9.84 Å². The third kappa shape index (κ3) is 1.93. The Morgan fingerprint density at radius 1 is 1.16 bits per heavy atom. The van der Waals surface area contributed by atoms with Crippen LogP contribution in [0.25, 0.3) is 11.3 Å². The fourth-order valence-corrected chi connectivity index (χ4v) is 2.68. The Morgan fingerprint density at radius 2 is 1.95 bits per heavy atom. The van der Waals surface area contributed by atoms with Gasteiger partial charge in [0.25, 0.3) is 0 Å². The average molecular weight is 256 g/mol. The minimum absolute atomic E-state index is 0.0716. The van der Waals surface area contributed by atoms with E-state index in [2.05, 4.69) is 10.2 Å². The molecule has 0 atom stereocenters. The van der Waals surface area contributed by atoms with Crippen LogP contribution in [0.4, 0.5) is 0 Å². The summed E-state index contributed by atoms with van der Waals surface area (Å²) < 4.78 is 5.44. The molecular formula is C15H16N2O2. The maximum Gasteiger partial charge on any atom is 0.234 e. The van der Waals surface area contributed by atoms with Gasteiger partial charge in [-0.2, -0.15) is 0 Å². The largest absolute Gasteiger partial charge is 0.496 e. The number of nitrogens with zero attached hydrogens (tertiary/aromatic N) is 2. The number of rotatable bonds is 2. The molecule has 0 bridgehead atoms. The molecule has 0 aliphatic heterocycles. The second-order valence-corrected chi connectivity index (χ2v) is 4.89. The van der Waals surface area contributed by atoms with Gasteiger partial charge >= 0.3 is 0 Å². The van der Waals surface area contributed by atoms with Crippen LogP contribution >= 0.6 is 0 Å². The standard InChI is InChI=1S/C15H16N2O2/c1-9-6-7-12(13(8-9)19-2)14-10-4-3-5-11(10)15(18)17-16-14/h6-8H,3-5H2,1-2H3,(H,17,18). The third-order valence-corrected chi connectivity index (χ3v) is 3.63. The summed E-state index contributed by atoms with van der Waals surface area (Å²) in [6, 6.07) is 6.03. The van der Waals surface area contributed by atoms with Crippen LogP contribution in [0, 0.1) is 6.92 Å². The Bertz CT molecular complexity index is 638. The number of fused-ring (bicyclic) bond motifs is 1. The summed E-state index contributed by atoms with van der Waals surface area (Å²) >= 11 is 0. The molecule has 1 N–H and O–H groups in total. The van der Waals surface area contributed by atoms with Crippen LogP contribution in [-0.4, -0.2) is 22.4 Å². The van der Waals surface area contributed by atoms with E-state index in [1.165, 1.54) is 0 Å². The predicted octanol–water partition coefficient (Wildman–Crippen LogP) is 2.65. The highest BCUT2D eigenvalue weighted by molar-refractivity contribution is 5.72. The van der Waals surface area contributed by atoms with Gasteiger partial charge in [-0.3, -0.25) is 0 Å². The van der Waals surface area contributed by atoms with Crippen LogP contribution in [-0.2, 0) is 12.8 Å². The topological polar surface area (TPSA) is 55.2 Å². The number of aromatic nitrogens is 2. The highest BCUT2D eigenvalue weighted by atomic mass is 16.5. The third-order valence-electron chi connectivity index (χ3n) is 3.63. The van der Waals surface area contributed by atoms with Gasteiger partial charge in [0.2, 0.25) is 5.88 Å². The van der Waals surface area contributed by atoms with Gasteiger partial charge in [0.1, 0.15) is 11.4 Å². The van der Waals surface area contributed by atoms with E-state index in [0.717, 1.165) is 53.0 Å². The molecule has 0 amide bonds. The van der Waals surface area contributed by atoms with Crippen molar-refractivity contribution in [1.29, 1.82) is 0 Å². The highest BCUT2D eigenvalue weighted by Gasteiger charge is 2.23. The van der Waals surface area contributed by atoms with Crippen molar-refractivity contribution >= 4 is 0 Å². The number of ether oxygens (including phenoxy) is 1. The van der Waals surface area contributed by atoms with Crippen molar-refractivity contribution in [2.45, 2.75) is 26.2 Å². The van der Waals surface area contributed by atoms with Crippen LogP contribution in [0.1, 0.15) is 23.1 Å². The van der Waals surface area contributed by atoms with Gasteiger partial charge in [0.15, 0.2) is 0 Å². The predicted molar refractivity (Wildman–Crippen MR) is 72.4 cm³/mol. The van der Waals surface area contributed by atoms with Gasteiger partial charge in [-0.15, -0.1) is 10.2 Å². The van der Waals surface area contributed by atoms with Crippen LogP contribution in [0.3, 0.4) is 0 Å². The lowest BCUT2D eigenvalue weighted by molar-refractivity contribution is 0.415. The van der Waals surface area contributed by atoms with Crippen LogP contribution in [0.5, 0.6) is 11.6 Å². The lowest BCUT2D eigenvalue weighted by Crippen LogP contribution is -1.99. The van der Waals surface area contributed by atoms with Crippen molar-refractivity contribution in [3.05, 3.63) is 34.9 Å². The maximum atomic E-state index is 9.77. The van der Waals surface area contributed by atoms with Crippen LogP contribution in [0.2, 0.25) is 0 Å². The molecule has 1 heterocycles. The molecule has 3 rings (SSSR count). The lowest BCUT2D eigenvalue weighted by atomic mass is 10.0. The molecular weight excluding hydrogens is 240 g/mol. The van der Waals surface area contributed by atoms with Crippen molar-refractivity contribution in [3.63, 3.8) is 0 Å². The number of hydrogen-bond donors (Lipinski definition) is 1. The molecule has 19 heavy (non-hydrogen) atoms. The summed E-state index contributed by atoms with van der Waals surface area (Å²) in [7, 11) is 1.66. The summed E-state index contributed by atoms with van der Waals surface area (Å²) in [5.41, 5.74) is 4.96. The first kappa shape index (κ1) is 12.0. The molecule has 1 aliphatic rings. The minimum atomic E-state index is 0.0716. The first-order chi connectivity index (χ1) is 9.20. The van der Waals surface area contributed by atoms with E-state index in [1.807, 2.05) is 25.1 Å². The van der Waals surface area contributed by atoms with Crippen LogP contribution < -0.4 is 4.74 Å². The molecule has 98 valence electrons. The Labute approximate surface area is 112 Å². The van der Waals surface area contributed by atoms with Crippen molar-refractivity contribution in [3.8, 4) is 22.9 Å². The number of aromatic hydroxyl groups is 1. The van der Waals surface area contributed by atoms with Crippen molar-refractivity contribution in [1.82, 2.24) is 10.2 Å². The Morgan fingerprint density at radius 3 is 2.74 bits per heavy atom. The van der Waals surface area contributed by atoms with E-state index in [0.29, 0.717) is 0 Å². The molecule has 0 saturated carbocycles. The van der Waals surface area contributed by atoms with Gasteiger partial charge < -0.3 is 9.84 Å². The second kappa shape index (κ2) is 4.53. The molecule has 0 spiro atoms. The molecule has 4 heteroatoms. The number of benzene rings is 1. The fourth-order valence-electron chi connectivity index (χ4n) is 2.68. The lowest BCUT2D eigenvalue weighted by Gasteiger charge is -2.12. The highest BCUT2D eigenvalue weighted by Crippen LogP contribution is 2.38. The zero-order valence-corrected chi connectivity index (χ0v) is 11.1. The smallest absolute Gasteiger partial charge is 0.234 e. The van der Waals surface area contributed by atoms with E-state index in [1.54, 1.807) is 7.11 Å². The Kier molecular flexibility index (Phi) is 2.85. The maximum absolute atomic E-state index is 9.77. The van der Waals surface area contributed by atoms with E-state index >= 15 is 0 Å². The molecule has 0 saturated heterocycles. The zero-order chi connectivity index (χ0) is 13.4. The zero-order valence-electron chi connectivity index (χ0n) is 11.1. The minimum Gasteiger partial charge on any atom is -0.496 e. The number of hydrogen-bond acceptors (Lipinski definition) is 4. The Balaban J connectivity index is 2.21. The summed E-state index contributed by atoms with van der Waals surface area (Å²) in [6.45, 7) is 2.03. The molecule has 0 unspecified atom stereocenters. The molecule has 1 aliphatic carbocycles. The van der Waals surface area contributed by atoms with Gasteiger partial charge in [-0.1, -0.05) is 6.07 Å². The van der Waals surface area contributed by atoms with Gasteiger partial charge in [0, 0.05) is 11.1 Å². The summed E-state index contributed by atoms with van der Waals surface area (Å²) in [6.07, 6.45) is 2.85. The quantitative estimate of drug-likeness (QED) is 0.897. The molecule has 1 aromatic carbocycles. The van der Waals surface area contributed by atoms with Crippen molar-refractivity contribution in [2.24, 2.45) is 0 Å². The number of aryl methyl sites for hydroxylation is 1. The first-order valence-corrected chi connectivity index (χ1v) is 6.43. The van der Waals surface area contributed by atoms with E-state index in [4.69, 9.17) is 4.74 Å². The fraction of sp³-hybridized carbons (Fsp3) is 0.333. The summed E-state index contributed by atoms with van der Waals surface area (Å²) in [4.78, 5) is 0. The summed E-state index contributed by atoms with van der Waals surface area (Å²) in [5.74, 6) is 0.872. The van der Waals surface area contributed by atoms with E-state index < -0.39 is 0 Å². The first-order valence-electron chi connectivity index (χ1n) is 6.43. The Hall–Kier alpha value is -2.10. The monoisotopic (exact) mass is 256 g/mol. The number of methoxy groups -OCH3 is 1. The van der Waals surface area contributed by atoms with Crippen LogP contribution in [0.15, 0.2) is 18.2 Å². The van der Waals surface area contributed by atoms with E-state index in [9.17, 15) is 5.11 Å². The van der Waals surface area contributed by atoms with Gasteiger partial charge in [0.05, 0.1) is 7.11 Å². The van der Waals surface area contributed by atoms with Gasteiger partial charge in [-0.05, 0) is 49.4 Å². The van der Waals surface area contributed by atoms with Crippen molar-refractivity contribution in [2.75, 3.05) is 7.11 Å².